The Morgan fingerprint density at radius 2 is 1.67 bits per heavy atom. The molecule has 0 aromatic heterocycles. The Hall–Kier alpha value is -1.75. The van der Waals surface area contributed by atoms with Crippen LogP contribution in [0.15, 0.2) is 42.5 Å². The first kappa shape index (κ1) is 20.0. The molecule has 144 valence electrons. The van der Waals surface area contributed by atoms with Gasteiger partial charge in [-0.25, -0.2) is 0 Å². The molecule has 1 saturated heterocycles. The van der Waals surface area contributed by atoms with Crippen molar-refractivity contribution in [2.75, 3.05) is 38.1 Å². The van der Waals surface area contributed by atoms with Crippen molar-refractivity contribution in [3.8, 4) is 0 Å². The van der Waals surface area contributed by atoms with E-state index in [1.54, 1.807) is 0 Å². The maximum Gasteiger partial charge on any atom is 0.220 e. The molecule has 1 fully saturated rings. The van der Waals surface area contributed by atoms with Crippen LogP contribution in [0.5, 0.6) is 0 Å². The van der Waals surface area contributed by atoms with Crippen molar-refractivity contribution < 1.29 is 4.79 Å². The van der Waals surface area contributed by atoms with E-state index in [0.717, 1.165) is 42.5 Å². The first-order chi connectivity index (χ1) is 13.0. The van der Waals surface area contributed by atoms with Gasteiger partial charge in [-0.1, -0.05) is 41.4 Å². The lowest BCUT2D eigenvalue weighted by atomic mass is 10.1. The second-order valence-corrected chi connectivity index (χ2v) is 7.84. The van der Waals surface area contributed by atoms with Crippen LogP contribution in [0.25, 0.3) is 0 Å². The van der Waals surface area contributed by atoms with E-state index in [-0.39, 0.29) is 5.91 Å². The van der Waals surface area contributed by atoms with E-state index in [0.29, 0.717) is 24.4 Å². The number of piperazine rings is 1. The molecule has 2 aromatic carbocycles. The number of hydrogen-bond donors (Lipinski definition) is 1. The van der Waals surface area contributed by atoms with Crippen LogP contribution in [-0.2, 0) is 17.8 Å². The normalized spacial score (nSPS) is 15.0. The monoisotopic (exact) mass is 405 g/mol. The molecule has 0 atom stereocenters. The molecule has 0 bridgehead atoms. The standard InChI is InChI=1S/C21H25Cl2N3O/c1-25-10-12-26(13-11-25)20-14-19(23)8-4-17(20)5-9-21(27)24-15-16-2-6-18(22)7-3-16/h2-4,6-8,14H,5,9-13,15H2,1H3,(H,24,27). The molecule has 1 heterocycles. The summed E-state index contributed by atoms with van der Waals surface area (Å²) < 4.78 is 0. The van der Waals surface area contributed by atoms with Gasteiger partial charge in [0, 0.05) is 54.9 Å². The molecule has 2 aromatic rings. The number of rotatable bonds is 6. The number of anilines is 1. The number of amides is 1. The first-order valence-corrected chi connectivity index (χ1v) is 10.00. The lowest BCUT2D eigenvalue weighted by Gasteiger charge is -2.35. The molecule has 3 rings (SSSR count). The third kappa shape index (κ3) is 5.86. The fraction of sp³-hybridized carbons (Fsp3) is 0.381. The summed E-state index contributed by atoms with van der Waals surface area (Å²) in [6, 6.07) is 13.5. The quantitative estimate of drug-likeness (QED) is 0.788. The second-order valence-electron chi connectivity index (χ2n) is 6.97. The van der Waals surface area contributed by atoms with Gasteiger partial charge in [0.1, 0.15) is 0 Å². The van der Waals surface area contributed by atoms with Crippen molar-refractivity contribution in [1.29, 1.82) is 0 Å². The van der Waals surface area contributed by atoms with Crippen molar-refractivity contribution in [3.05, 3.63) is 63.6 Å². The number of likely N-dealkylation sites (N-methyl/N-ethyl adjacent to an activating group) is 1. The molecule has 1 aliphatic heterocycles. The Bertz CT molecular complexity index is 771. The highest BCUT2D eigenvalue weighted by Gasteiger charge is 2.17. The van der Waals surface area contributed by atoms with E-state index in [9.17, 15) is 4.79 Å². The van der Waals surface area contributed by atoms with Crippen LogP contribution < -0.4 is 10.2 Å². The van der Waals surface area contributed by atoms with Crippen LogP contribution in [0.4, 0.5) is 5.69 Å². The molecular weight excluding hydrogens is 381 g/mol. The molecule has 27 heavy (non-hydrogen) atoms. The fourth-order valence-corrected chi connectivity index (χ4v) is 3.52. The fourth-order valence-electron chi connectivity index (χ4n) is 3.23. The number of aryl methyl sites for hydroxylation is 1. The number of carbonyl (C=O) groups excluding carboxylic acids is 1. The number of hydrogen-bond acceptors (Lipinski definition) is 3. The van der Waals surface area contributed by atoms with Crippen molar-refractivity contribution in [2.45, 2.75) is 19.4 Å². The summed E-state index contributed by atoms with van der Waals surface area (Å²) in [5, 5.41) is 4.41. The highest BCUT2D eigenvalue weighted by molar-refractivity contribution is 6.31. The van der Waals surface area contributed by atoms with Crippen LogP contribution in [0.1, 0.15) is 17.5 Å². The predicted molar refractivity (Wildman–Crippen MR) is 113 cm³/mol. The van der Waals surface area contributed by atoms with Crippen LogP contribution >= 0.6 is 23.2 Å². The van der Waals surface area contributed by atoms with E-state index in [1.807, 2.05) is 42.5 Å². The maximum absolute atomic E-state index is 12.3. The van der Waals surface area contributed by atoms with E-state index in [1.165, 1.54) is 5.56 Å². The summed E-state index contributed by atoms with van der Waals surface area (Å²) in [4.78, 5) is 17.0. The van der Waals surface area contributed by atoms with Crippen LogP contribution in [-0.4, -0.2) is 44.0 Å². The van der Waals surface area contributed by atoms with Gasteiger partial charge in [-0.3, -0.25) is 4.79 Å². The zero-order valence-corrected chi connectivity index (χ0v) is 17.1. The largest absolute Gasteiger partial charge is 0.369 e. The maximum atomic E-state index is 12.3. The van der Waals surface area contributed by atoms with Gasteiger partial charge < -0.3 is 15.1 Å². The average Bonchev–Trinajstić information content (AvgIpc) is 2.67. The Morgan fingerprint density at radius 1 is 1.00 bits per heavy atom. The third-order valence-electron chi connectivity index (χ3n) is 4.92. The molecule has 0 saturated carbocycles. The van der Waals surface area contributed by atoms with E-state index in [2.05, 4.69) is 22.2 Å². The Balaban J connectivity index is 1.56. The second kappa shape index (κ2) is 9.45. The average molecular weight is 406 g/mol. The zero-order valence-electron chi connectivity index (χ0n) is 15.5. The molecule has 1 amide bonds. The SMILES string of the molecule is CN1CCN(c2cc(Cl)ccc2CCC(=O)NCc2ccc(Cl)cc2)CC1. The van der Waals surface area contributed by atoms with Gasteiger partial charge in [0.25, 0.3) is 0 Å². The van der Waals surface area contributed by atoms with Crippen LogP contribution in [0.3, 0.4) is 0 Å². The highest BCUT2D eigenvalue weighted by atomic mass is 35.5. The molecule has 4 nitrogen and oxygen atoms in total. The molecule has 1 aliphatic rings. The van der Waals surface area contributed by atoms with Gasteiger partial charge in [-0.05, 0) is 48.9 Å². The molecule has 0 radical (unpaired) electrons. The Kier molecular flexibility index (Phi) is 7.00. The van der Waals surface area contributed by atoms with Gasteiger partial charge >= 0.3 is 0 Å². The van der Waals surface area contributed by atoms with Crippen molar-refractivity contribution in [1.82, 2.24) is 10.2 Å². The topological polar surface area (TPSA) is 35.6 Å². The summed E-state index contributed by atoms with van der Waals surface area (Å²) >= 11 is 12.1. The summed E-state index contributed by atoms with van der Waals surface area (Å²) in [6.07, 6.45) is 1.15. The smallest absolute Gasteiger partial charge is 0.220 e. The lowest BCUT2D eigenvalue weighted by Crippen LogP contribution is -2.44. The van der Waals surface area contributed by atoms with Gasteiger partial charge in [-0.15, -0.1) is 0 Å². The van der Waals surface area contributed by atoms with Crippen molar-refractivity contribution in [2.24, 2.45) is 0 Å². The first-order valence-electron chi connectivity index (χ1n) is 9.24. The third-order valence-corrected chi connectivity index (χ3v) is 5.40. The number of nitrogens with one attached hydrogen (secondary N) is 1. The molecular formula is C21H25Cl2N3O. The minimum atomic E-state index is 0.0456. The van der Waals surface area contributed by atoms with Crippen molar-refractivity contribution in [3.63, 3.8) is 0 Å². The van der Waals surface area contributed by atoms with Crippen LogP contribution in [0.2, 0.25) is 10.0 Å². The Morgan fingerprint density at radius 3 is 2.37 bits per heavy atom. The van der Waals surface area contributed by atoms with E-state index >= 15 is 0 Å². The summed E-state index contributed by atoms with van der Waals surface area (Å²) in [7, 11) is 2.14. The van der Waals surface area contributed by atoms with Gasteiger partial charge in [-0.2, -0.15) is 0 Å². The van der Waals surface area contributed by atoms with E-state index < -0.39 is 0 Å². The number of nitrogens with zero attached hydrogens (tertiary/aromatic N) is 2. The summed E-state index contributed by atoms with van der Waals surface area (Å²) in [5.74, 6) is 0.0456. The van der Waals surface area contributed by atoms with E-state index in [4.69, 9.17) is 23.2 Å². The predicted octanol–water partition coefficient (Wildman–Crippen LogP) is 3.99. The van der Waals surface area contributed by atoms with Crippen molar-refractivity contribution >= 4 is 34.8 Å². The minimum absolute atomic E-state index is 0.0456. The Labute approximate surface area is 171 Å². The molecule has 0 spiro atoms. The minimum Gasteiger partial charge on any atom is -0.369 e. The highest BCUT2D eigenvalue weighted by Crippen LogP contribution is 2.27. The van der Waals surface area contributed by atoms with Crippen LogP contribution in [0, 0.1) is 0 Å². The van der Waals surface area contributed by atoms with Gasteiger partial charge in [0.2, 0.25) is 5.91 Å². The summed E-state index contributed by atoms with van der Waals surface area (Å²) in [5.41, 5.74) is 3.36. The zero-order chi connectivity index (χ0) is 19.2. The number of halogens is 2. The molecule has 0 unspecified atom stereocenters. The number of benzene rings is 2. The molecule has 6 heteroatoms. The number of carbonyl (C=O) groups is 1. The van der Waals surface area contributed by atoms with Gasteiger partial charge in [0.15, 0.2) is 0 Å². The molecule has 1 N–H and O–H groups in total. The van der Waals surface area contributed by atoms with Gasteiger partial charge in [0.05, 0.1) is 0 Å². The summed E-state index contributed by atoms with van der Waals surface area (Å²) in [6.45, 7) is 4.54. The lowest BCUT2D eigenvalue weighted by molar-refractivity contribution is -0.121. The molecule has 0 aliphatic carbocycles.